The molecule has 0 bridgehead atoms. The normalized spacial score (nSPS) is 16.6. The lowest BCUT2D eigenvalue weighted by Gasteiger charge is -2.36. The molecule has 2 amide bonds. The maximum absolute atomic E-state index is 11.7. The van der Waals surface area contributed by atoms with Crippen molar-refractivity contribution in [3.63, 3.8) is 0 Å². The van der Waals surface area contributed by atoms with Crippen molar-refractivity contribution in [3.8, 4) is 0 Å². The van der Waals surface area contributed by atoms with Crippen LogP contribution in [0.25, 0.3) is 0 Å². The first-order chi connectivity index (χ1) is 6.50. The molecule has 1 heterocycles. The first-order valence-electron chi connectivity index (χ1n) is 4.04. The van der Waals surface area contributed by atoms with Crippen LogP contribution in [0.5, 0.6) is 0 Å². The number of nitrogens with zero attached hydrogens (tertiary/aromatic N) is 1. The van der Waals surface area contributed by atoms with Crippen LogP contribution in [-0.2, 0) is 4.79 Å². The third kappa shape index (κ3) is 2.54. The SMILES string of the molecule is O=C(O)C1CN(C(=O)NCC(F)F)C1. The number of urea groups is 1. The largest absolute Gasteiger partial charge is 0.481 e. The van der Waals surface area contributed by atoms with E-state index in [1.807, 2.05) is 5.32 Å². The standard InChI is InChI=1S/C7H10F2N2O3/c8-5(9)1-10-7(14)11-2-4(3-11)6(12)13/h4-5H,1-3H2,(H,10,14)(H,12,13). The van der Waals surface area contributed by atoms with Gasteiger partial charge in [0.2, 0.25) is 0 Å². The fraction of sp³-hybridized carbons (Fsp3) is 0.714. The molecule has 1 aliphatic heterocycles. The molecule has 1 rings (SSSR count). The first-order valence-corrected chi connectivity index (χ1v) is 4.04. The summed E-state index contributed by atoms with van der Waals surface area (Å²) in [6, 6.07) is -0.636. The number of alkyl halides is 2. The van der Waals surface area contributed by atoms with Gasteiger partial charge in [-0.2, -0.15) is 0 Å². The minimum absolute atomic E-state index is 0.0877. The predicted octanol–water partition coefficient (Wildman–Crippen LogP) is -0.0225. The Labute approximate surface area is 78.7 Å². The van der Waals surface area contributed by atoms with Crippen LogP contribution in [0.15, 0.2) is 0 Å². The number of hydrogen-bond donors (Lipinski definition) is 2. The van der Waals surface area contributed by atoms with Crippen molar-refractivity contribution in [2.24, 2.45) is 5.92 Å². The van der Waals surface area contributed by atoms with Gasteiger partial charge in [0.15, 0.2) is 0 Å². The van der Waals surface area contributed by atoms with E-state index in [9.17, 15) is 18.4 Å². The number of carbonyl (C=O) groups is 2. The number of carbonyl (C=O) groups excluding carboxylic acids is 1. The maximum atomic E-state index is 11.7. The number of hydrogen-bond acceptors (Lipinski definition) is 2. The Morgan fingerprint density at radius 3 is 2.50 bits per heavy atom. The molecule has 0 radical (unpaired) electrons. The van der Waals surface area contributed by atoms with Crippen LogP contribution in [0.3, 0.4) is 0 Å². The van der Waals surface area contributed by atoms with Crippen molar-refractivity contribution < 1.29 is 23.5 Å². The Bertz CT molecular complexity index is 241. The van der Waals surface area contributed by atoms with E-state index in [0.29, 0.717) is 0 Å². The predicted molar refractivity (Wildman–Crippen MR) is 42.1 cm³/mol. The summed E-state index contributed by atoms with van der Waals surface area (Å²) >= 11 is 0. The van der Waals surface area contributed by atoms with Crippen LogP contribution in [0, 0.1) is 5.92 Å². The summed E-state index contributed by atoms with van der Waals surface area (Å²) in [4.78, 5) is 22.5. The molecule has 0 aromatic heterocycles. The van der Waals surface area contributed by atoms with E-state index in [-0.39, 0.29) is 13.1 Å². The summed E-state index contributed by atoms with van der Waals surface area (Å²) < 4.78 is 23.3. The van der Waals surface area contributed by atoms with E-state index >= 15 is 0 Å². The van der Waals surface area contributed by atoms with Crippen molar-refractivity contribution >= 4 is 12.0 Å². The summed E-state index contributed by atoms with van der Waals surface area (Å²) in [5.41, 5.74) is 0. The lowest BCUT2D eigenvalue weighted by molar-refractivity contribution is -0.146. The third-order valence-electron chi connectivity index (χ3n) is 1.93. The number of rotatable bonds is 3. The zero-order chi connectivity index (χ0) is 10.7. The summed E-state index contributed by atoms with van der Waals surface area (Å²) in [7, 11) is 0. The molecule has 0 spiro atoms. The highest BCUT2D eigenvalue weighted by Crippen LogP contribution is 2.15. The van der Waals surface area contributed by atoms with Gasteiger partial charge in [-0.25, -0.2) is 13.6 Å². The molecule has 5 nitrogen and oxygen atoms in total. The monoisotopic (exact) mass is 208 g/mol. The van der Waals surface area contributed by atoms with Gasteiger partial charge in [-0.1, -0.05) is 0 Å². The molecule has 0 aliphatic carbocycles. The van der Waals surface area contributed by atoms with Gasteiger partial charge in [0.25, 0.3) is 6.43 Å². The van der Waals surface area contributed by atoms with Crippen molar-refractivity contribution in [3.05, 3.63) is 0 Å². The van der Waals surface area contributed by atoms with E-state index in [0.717, 1.165) is 0 Å². The second-order valence-electron chi connectivity index (χ2n) is 3.02. The van der Waals surface area contributed by atoms with Gasteiger partial charge in [0.1, 0.15) is 0 Å². The Balaban J connectivity index is 2.19. The van der Waals surface area contributed by atoms with E-state index in [1.165, 1.54) is 4.90 Å². The van der Waals surface area contributed by atoms with Gasteiger partial charge in [-0.15, -0.1) is 0 Å². The number of likely N-dealkylation sites (tertiary alicyclic amines) is 1. The fourth-order valence-electron chi connectivity index (χ4n) is 1.08. The average molecular weight is 208 g/mol. The third-order valence-corrected chi connectivity index (χ3v) is 1.93. The second kappa shape index (κ2) is 4.21. The van der Waals surface area contributed by atoms with Crippen molar-refractivity contribution in [1.29, 1.82) is 0 Å². The highest BCUT2D eigenvalue weighted by atomic mass is 19.3. The minimum atomic E-state index is -2.59. The number of nitrogens with one attached hydrogen (secondary N) is 1. The zero-order valence-corrected chi connectivity index (χ0v) is 7.24. The smallest absolute Gasteiger partial charge is 0.317 e. The molecule has 7 heteroatoms. The summed E-state index contributed by atoms with van der Waals surface area (Å²) in [6.45, 7) is -0.526. The Hall–Kier alpha value is -1.40. The summed E-state index contributed by atoms with van der Waals surface area (Å²) in [5, 5.41) is 10.5. The van der Waals surface area contributed by atoms with Crippen LogP contribution in [-0.4, -0.2) is 48.1 Å². The summed E-state index contributed by atoms with van der Waals surface area (Å²) in [6.07, 6.45) is -2.59. The Morgan fingerprint density at radius 2 is 2.07 bits per heavy atom. The van der Waals surface area contributed by atoms with Crippen molar-refractivity contribution in [2.45, 2.75) is 6.43 Å². The molecular weight excluding hydrogens is 198 g/mol. The molecule has 0 unspecified atom stereocenters. The fourth-order valence-corrected chi connectivity index (χ4v) is 1.08. The number of halogens is 2. The average Bonchev–Trinajstić information content (AvgIpc) is 1.97. The lowest BCUT2D eigenvalue weighted by Crippen LogP contribution is -2.56. The van der Waals surface area contributed by atoms with Gasteiger partial charge in [-0.05, 0) is 0 Å². The molecule has 80 valence electrons. The molecule has 1 saturated heterocycles. The number of aliphatic carboxylic acids is 1. The van der Waals surface area contributed by atoms with Crippen molar-refractivity contribution in [1.82, 2.24) is 10.2 Å². The van der Waals surface area contributed by atoms with E-state index in [4.69, 9.17) is 5.11 Å². The van der Waals surface area contributed by atoms with Crippen LogP contribution in [0.2, 0.25) is 0 Å². The maximum Gasteiger partial charge on any atom is 0.317 e. The van der Waals surface area contributed by atoms with Gasteiger partial charge in [-0.3, -0.25) is 4.79 Å². The molecule has 0 saturated carbocycles. The topological polar surface area (TPSA) is 69.6 Å². The first kappa shape index (κ1) is 10.7. The highest BCUT2D eigenvalue weighted by Gasteiger charge is 2.35. The Morgan fingerprint density at radius 1 is 1.50 bits per heavy atom. The van der Waals surface area contributed by atoms with E-state index in [1.54, 1.807) is 0 Å². The molecule has 0 atom stereocenters. The molecule has 1 aliphatic rings. The van der Waals surface area contributed by atoms with Crippen LogP contribution in [0.4, 0.5) is 13.6 Å². The van der Waals surface area contributed by atoms with Gasteiger partial charge in [0, 0.05) is 13.1 Å². The molecule has 14 heavy (non-hydrogen) atoms. The molecular formula is C7H10F2N2O3. The van der Waals surface area contributed by atoms with E-state index in [2.05, 4.69) is 0 Å². The van der Waals surface area contributed by atoms with Gasteiger partial charge < -0.3 is 15.3 Å². The molecule has 2 N–H and O–H groups in total. The number of carboxylic acids is 1. The Kier molecular flexibility index (Phi) is 3.21. The molecule has 0 aromatic rings. The lowest BCUT2D eigenvalue weighted by atomic mass is 10.0. The summed E-state index contributed by atoms with van der Waals surface area (Å²) in [5.74, 6) is -1.53. The number of carboxylic acid groups (broad SMARTS) is 1. The van der Waals surface area contributed by atoms with Crippen LogP contribution in [0.1, 0.15) is 0 Å². The molecule has 0 aromatic carbocycles. The molecule has 1 fully saturated rings. The van der Waals surface area contributed by atoms with Gasteiger partial charge >= 0.3 is 12.0 Å². The minimum Gasteiger partial charge on any atom is -0.481 e. The number of amides is 2. The second-order valence-corrected chi connectivity index (χ2v) is 3.02. The van der Waals surface area contributed by atoms with Crippen LogP contribution >= 0.6 is 0 Å². The van der Waals surface area contributed by atoms with E-state index < -0.39 is 30.9 Å². The van der Waals surface area contributed by atoms with Crippen molar-refractivity contribution in [2.75, 3.05) is 19.6 Å². The highest BCUT2D eigenvalue weighted by molar-refractivity contribution is 5.79. The zero-order valence-electron chi connectivity index (χ0n) is 7.24. The van der Waals surface area contributed by atoms with Gasteiger partial charge in [0.05, 0.1) is 12.5 Å². The van der Waals surface area contributed by atoms with Crippen LogP contribution < -0.4 is 5.32 Å². The quantitative estimate of drug-likeness (QED) is 0.684.